The van der Waals surface area contributed by atoms with Crippen LogP contribution in [0.1, 0.15) is 16.0 Å². The van der Waals surface area contributed by atoms with Gasteiger partial charge in [-0.3, -0.25) is 0 Å². The molecule has 0 saturated heterocycles. The van der Waals surface area contributed by atoms with Gasteiger partial charge in [-0.2, -0.15) is 8.78 Å². The van der Waals surface area contributed by atoms with E-state index in [2.05, 4.69) is 20.7 Å². The van der Waals surface area contributed by atoms with Crippen molar-refractivity contribution in [3.8, 4) is 11.5 Å². The molecule has 0 aromatic heterocycles. The summed E-state index contributed by atoms with van der Waals surface area (Å²) in [7, 11) is 1.56. The molecule has 2 aromatic carbocycles. The second-order valence-corrected chi connectivity index (χ2v) is 5.55. The summed E-state index contributed by atoms with van der Waals surface area (Å²) in [5.74, 6) is 0.759. The minimum absolute atomic E-state index is 0.105. The fourth-order valence-corrected chi connectivity index (χ4v) is 2.75. The SMILES string of the molecule is COc1ccc(Cl)cc1C(Br)c1cccc(OC(F)F)c1. The molecule has 0 aliphatic heterocycles. The largest absolute Gasteiger partial charge is 0.496 e. The predicted octanol–water partition coefficient (Wildman–Crippen LogP) is 5.43. The van der Waals surface area contributed by atoms with E-state index < -0.39 is 6.61 Å². The van der Waals surface area contributed by atoms with Crippen LogP contribution in [-0.4, -0.2) is 13.7 Å². The molecule has 0 amide bonds. The van der Waals surface area contributed by atoms with Crippen molar-refractivity contribution in [1.82, 2.24) is 0 Å². The monoisotopic (exact) mass is 376 g/mol. The maximum absolute atomic E-state index is 12.3. The van der Waals surface area contributed by atoms with Crippen molar-refractivity contribution in [2.24, 2.45) is 0 Å². The zero-order chi connectivity index (χ0) is 15.4. The summed E-state index contributed by atoms with van der Waals surface area (Å²) in [6.45, 7) is -2.85. The third-order valence-corrected chi connectivity index (χ3v) is 4.10. The van der Waals surface area contributed by atoms with Crippen LogP contribution in [0.3, 0.4) is 0 Å². The van der Waals surface area contributed by atoms with Crippen LogP contribution in [0.15, 0.2) is 42.5 Å². The van der Waals surface area contributed by atoms with Crippen LogP contribution in [0.25, 0.3) is 0 Å². The molecule has 21 heavy (non-hydrogen) atoms. The molecule has 2 rings (SSSR count). The zero-order valence-corrected chi connectivity index (χ0v) is 13.4. The van der Waals surface area contributed by atoms with Gasteiger partial charge in [-0.25, -0.2) is 0 Å². The Labute approximate surface area is 134 Å². The Morgan fingerprint density at radius 1 is 1.14 bits per heavy atom. The maximum Gasteiger partial charge on any atom is 0.387 e. The van der Waals surface area contributed by atoms with Crippen LogP contribution in [0, 0.1) is 0 Å². The molecule has 0 N–H and O–H groups in total. The topological polar surface area (TPSA) is 18.5 Å². The first kappa shape index (κ1) is 16.0. The Kier molecular flexibility index (Phi) is 5.42. The van der Waals surface area contributed by atoms with Crippen molar-refractivity contribution in [2.45, 2.75) is 11.4 Å². The molecule has 112 valence electrons. The van der Waals surface area contributed by atoms with Crippen LogP contribution in [0.2, 0.25) is 5.02 Å². The predicted molar refractivity (Wildman–Crippen MR) is 81.8 cm³/mol. The lowest BCUT2D eigenvalue weighted by atomic mass is 10.0. The first-order valence-corrected chi connectivity index (χ1v) is 7.33. The molecule has 2 nitrogen and oxygen atoms in total. The Bertz CT molecular complexity index is 622. The van der Waals surface area contributed by atoms with E-state index in [1.165, 1.54) is 6.07 Å². The smallest absolute Gasteiger partial charge is 0.387 e. The molecule has 0 aliphatic carbocycles. The van der Waals surface area contributed by atoms with Crippen LogP contribution in [0.4, 0.5) is 8.78 Å². The third kappa shape index (κ3) is 4.08. The fourth-order valence-electron chi connectivity index (χ4n) is 1.93. The second-order valence-electron chi connectivity index (χ2n) is 4.20. The summed E-state index contributed by atoms with van der Waals surface area (Å²) < 4.78 is 34.3. The van der Waals surface area contributed by atoms with Crippen molar-refractivity contribution in [1.29, 1.82) is 0 Å². The Hall–Kier alpha value is -1.33. The molecule has 0 spiro atoms. The molecule has 0 aliphatic rings. The number of benzene rings is 2. The van der Waals surface area contributed by atoms with Crippen LogP contribution in [-0.2, 0) is 0 Å². The molecule has 0 radical (unpaired) electrons. The van der Waals surface area contributed by atoms with Gasteiger partial charge in [0.15, 0.2) is 0 Å². The first-order chi connectivity index (χ1) is 10.0. The molecular formula is C15H12BrClF2O2. The molecule has 6 heteroatoms. The summed E-state index contributed by atoms with van der Waals surface area (Å²) in [5, 5.41) is 0.565. The van der Waals surface area contributed by atoms with Gasteiger partial charge in [0.05, 0.1) is 11.9 Å². The second kappa shape index (κ2) is 7.09. The van der Waals surface area contributed by atoms with E-state index in [0.29, 0.717) is 10.8 Å². The number of halogens is 4. The van der Waals surface area contributed by atoms with Gasteiger partial charge in [0.1, 0.15) is 11.5 Å². The molecule has 0 fully saturated rings. The van der Waals surface area contributed by atoms with Crippen molar-refractivity contribution in [2.75, 3.05) is 7.11 Å². The van der Waals surface area contributed by atoms with E-state index in [9.17, 15) is 8.78 Å². The molecule has 1 unspecified atom stereocenters. The van der Waals surface area contributed by atoms with Crippen molar-refractivity contribution >= 4 is 27.5 Å². The number of alkyl halides is 3. The lowest BCUT2D eigenvalue weighted by molar-refractivity contribution is -0.0498. The van der Waals surface area contributed by atoms with Gasteiger partial charge in [0.2, 0.25) is 0 Å². The van der Waals surface area contributed by atoms with Crippen LogP contribution in [0.5, 0.6) is 11.5 Å². The van der Waals surface area contributed by atoms with E-state index in [0.717, 1.165) is 11.1 Å². The van der Waals surface area contributed by atoms with Crippen molar-refractivity contribution < 1.29 is 18.3 Å². The lowest BCUT2D eigenvalue weighted by Gasteiger charge is -2.16. The van der Waals surface area contributed by atoms with Crippen molar-refractivity contribution in [3.05, 3.63) is 58.6 Å². The maximum atomic E-state index is 12.3. The van der Waals surface area contributed by atoms with E-state index in [-0.39, 0.29) is 10.6 Å². The quantitative estimate of drug-likeness (QED) is 0.647. The molecule has 0 saturated carbocycles. The Morgan fingerprint density at radius 2 is 1.90 bits per heavy atom. The van der Waals surface area contributed by atoms with Gasteiger partial charge in [0, 0.05) is 10.6 Å². The number of methoxy groups -OCH3 is 1. The number of hydrogen-bond donors (Lipinski definition) is 0. The standard InChI is InChI=1S/C15H12BrClF2O2/c1-20-13-6-5-10(17)8-12(13)14(16)9-3-2-4-11(7-9)21-15(18)19/h2-8,14-15H,1H3. The molecule has 2 aromatic rings. The molecule has 1 atom stereocenters. The van der Waals surface area contributed by atoms with Gasteiger partial charge in [-0.05, 0) is 35.9 Å². The van der Waals surface area contributed by atoms with Crippen LogP contribution < -0.4 is 9.47 Å². The number of ether oxygens (including phenoxy) is 2. The molecule has 0 heterocycles. The average Bonchev–Trinajstić information content (AvgIpc) is 2.46. The van der Waals surface area contributed by atoms with Gasteiger partial charge in [-0.1, -0.05) is 39.7 Å². The van der Waals surface area contributed by atoms with Gasteiger partial charge in [0.25, 0.3) is 0 Å². The van der Waals surface area contributed by atoms with Gasteiger partial charge in [-0.15, -0.1) is 0 Å². The fraction of sp³-hybridized carbons (Fsp3) is 0.200. The summed E-state index contributed by atoms with van der Waals surface area (Å²) in [6, 6.07) is 11.7. The first-order valence-electron chi connectivity index (χ1n) is 6.03. The minimum atomic E-state index is -2.85. The average molecular weight is 378 g/mol. The zero-order valence-electron chi connectivity index (χ0n) is 11.0. The summed E-state index contributed by atoms with van der Waals surface area (Å²) >= 11 is 9.54. The highest BCUT2D eigenvalue weighted by atomic mass is 79.9. The highest BCUT2D eigenvalue weighted by molar-refractivity contribution is 9.09. The summed E-state index contributed by atoms with van der Waals surface area (Å²) in [4.78, 5) is -0.257. The van der Waals surface area contributed by atoms with E-state index >= 15 is 0 Å². The minimum Gasteiger partial charge on any atom is -0.496 e. The highest BCUT2D eigenvalue weighted by Crippen LogP contribution is 2.39. The summed E-state index contributed by atoms with van der Waals surface area (Å²) in [6.07, 6.45) is 0. The summed E-state index contributed by atoms with van der Waals surface area (Å²) in [5.41, 5.74) is 1.56. The molecule has 0 bridgehead atoms. The number of hydrogen-bond acceptors (Lipinski definition) is 2. The van der Waals surface area contributed by atoms with E-state index in [1.807, 2.05) is 0 Å². The van der Waals surface area contributed by atoms with Gasteiger partial charge >= 0.3 is 6.61 Å². The Balaban J connectivity index is 2.35. The Morgan fingerprint density at radius 3 is 2.57 bits per heavy atom. The lowest BCUT2D eigenvalue weighted by Crippen LogP contribution is -2.03. The van der Waals surface area contributed by atoms with Crippen LogP contribution >= 0.6 is 27.5 Å². The number of rotatable bonds is 5. The normalized spacial score (nSPS) is 12.3. The van der Waals surface area contributed by atoms with Gasteiger partial charge < -0.3 is 9.47 Å². The van der Waals surface area contributed by atoms with E-state index in [4.69, 9.17) is 16.3 Å². The highest BCUT2D eigenvalue weighted by Gasteiger charge is 2.17. The third-order valence-electron chi connectivity index (χ3n) is 2.84. The molecular weight excluding hydrogens is 366 g/mol. The van der Waals surface area contributed by atoms with Crippen molar-refractivity contribution in [3.63, 3.8) is 0 Å². The van der Waals surface area contributed by atoms with E-state index in [1.54, 1.807) is 43.5 Å².